The van der Waals surface area contributed by atoms with E-state index in [2.05, 4.69) is 0 Å². The summed E-state index contributed by atoms with van der Waals surface area (Å²) in [6.07, 6.45) is 12.4. The maximum atomic E-state index is 12.0. The lowest BCUT2D eigenvalue weighted by Crippen LogP contribution is -2.50. The Morgan fingerprint density at radius 3 is 2.08 bits per heavy atom. The zero-order valence-corrected chi connectivity index (χ0v) is 15.5. The van der Waals surface area contributed by atoms with Gasteiger partial charge in [-0.3, -0.25) is 4.79 Å². The molecule has 25 heavy (non-hydrogen) atoms. The van der Waals surface area contributed by atoms with Gasteiger partial charge in [-0.1, -0.05) is 19.3 Å². The van der Waals surface area contributed by atoms with Crippen molar-refractivity contribution in [1.29, 1.82) is 0 Å². The van der Waals surface area contributed by atoms with E-state index in [4.69, 9.17) is 0 Å². The van der Waals surface area contributed by atoms with Crippen molar-refractivity contribution in [3.05, 3.63) is 0 Å². The van der Waals surface area contributed by atoms with Crippen LogP contribution in [-0.2, 0) is 9.59 Å². The van der Waals surface area contributed by atoms with E-state index in [1.807, 2.05) is 0 Å². The number of carbonyl (C=O) groups excluding carboxylic acids is 2. The number of rotatable bonds is 11. The summed E-state index contributed by atoms with van der Waals surface area (Å²) in [6, 6.07) is 0. The van der Waals surface area contributed by atoms with Gasteiger partial charge < -0.3 is 9.90 Å². The van der Waals surface area contributed by atoms with Crippen LogP contribution in [0.25, 0.3) is 0 Å². The zero-order valence-electron chi connectivity index (χ0n) is 15.5. The fourth-order valence-corrected chi connectivity index (χ4v) is 4.62. The standard InChI is InChI=1S/C20H33NO4/c22-17-20(12-4-5-13-20)11-3-1-9-18(23)10-2-6-14-21(19(24)25)15-7-8-16-21/h17H,1-16H2/p+1. The molecule has 0 radical (unpaired) electrons. The van der Waals surface area contributed by atoms with Crippen molar-refractivity contribution in [2.45, 2.75) is 83.5 Å². The maximum Gasteiger partial charge on any atom is 0.513 e. The Morgan fingerprint density at radius 2 is 1.52 bits per heavy atom. The molecule has 2 rings (SSSR count). The van der Waals surface area contributed by atoms with Crippen molar-refractivity contribution in [2.24, 2.45) is 5.41 Å². The number of nitrogens with zero attached hydrogens (tertiary/aromatic N) is 1. The Morgan fingerprint density at radius 1 is 0.920 bits per heavy atom. The van der Waals surface area contributed by atoms with Gasteiger partial charge in [-0.05, 0) is 38.5 Å². The van der Waals surface area contributed by atoms with Crippen LogP contribution in [0.1, 0.15) is 83.5 Å². The molecule has 1 aliphatic heterocycles. The first kappa shape index (κ1) is 20.1. The van der Waals surface area contributed by atoms with Crippen molar-refractivity contribution < 1.29 is 24.0 Å². The van der Waals surface area contributed by atoms with Gasteiger partial charge in [0, 0.05) is 31.1 Å². The summed E-state index contributed by atoms with van der Waals surface area (Å²) in [7, 11) is 0. The van der Waals surface area contributed by atoms with E-state index in [1.54, 1.807) is 0 Å². The minimum atomic E-state index is -0.708. The molecule has 0 atom stereocenters. The van der Waals surface area contributed by atoms with E-state index in [0.29, 0.717) is 19.4 Å². The molecule has 142 valence electrons. The molecule has 5 heteroatoms. The number of ketones is 1. The van der Waals surface area contributed by atoms with Gasteiger partial charge in [0.1, 0.15) is 12.1 Å². The number of Topliss-reactive ketones (excluding diaryl/α,β-unsaturated/α-hetero) is 1. The van der Waals surface area contributed by atoms with Gasteiger partial charge in [0.05, 0.1) is 19.6 Å². The normalized spacial score (nSPS) is 21.3. The van der Waals surface area contributed by atoms with Crippen LogP contribution in [0.15, 0.2) is 0 Å². The summed E-state index contributed by atoms with van der Waals surface area (Å²) in [5, 5.41) is 9.43. The van der Waals surface area contributed by atoms with E-state index in [-0.39, 0.29) is 15.7 Å². The minimum Gasteiger partial charge on any atom is -0.435 e. The third-order valence-corrected chi connectivity index (χ3v) is 6.35. The van der Waals surface area contributed by atoms with Gasteiger partial charge >= 0.3 is 6.09 Å². The monoisotopic (exact) mass is 352 g/mol. The number of amides is 1. The van der Waals surface area contributed by atoms with Crippen LogP contribution in [-0.4, -0.2) is 47.4 Å². The highest BCUT2D eigenvalue weighted by molar-refractivity contribution is 5.78. The number of hydrogen-bond acceptors (Lipinski definition) is 3. The van der Waals surface area contributed by atoms with Crippen molar-refractivity contribution in [3.63, 3.8) is 0 Å². The third-order valence-electron chi connectivity index (χ3n) is 6.35. The van der Waals surface area contributed by atoms with E-state index in [1.165, 1.54) is 0 Å². The third kappa shape index (κ3) is 5.63. The lowest BCUT2D eigenvalue weighted by molar-refractivity contribution is -0.845. The van der Waals surface area contributed by atoms with E-state index < -0.39 is 6.09 Å². The Kier molecular flexibility index (Phi) is 7.60. The maximum absolute atomic E-state index is 12.0. The van der Waals surface area contributed by atoms with Gasteiger partial charge in [-0.15, -0.1) is 0 Å². The second kappa shape index (κ2) is 9.46. The molecule has 0 aromatic carbocycles. The van der Waals surface area contributed by atoms with Crippen LogP contribution in [0.4, 0.5) is 4.79 Å². The molecule has 0 aromatic heterocycles. The number of carbonyl (C=O) groups is 3. The number of aldehydes is 1. The van der Waals surface area contributed by atoms with Crippen molar-refractivity contribution in [2.75, 3.05) is 19.6 Å². The first-order valence-corrected chi connectivity index (χ1v) is 10.1. The summed E-state index contributed by atoms with van der Waals surface area (Å²) < 4.78 is 0.196. The predicted octanol–water partition coefficient (Wildman–Crippen LogP) is 4.33. The molecular weight excluding hydrogens is 318 g/mol. The predicted molar refractivity (Wildman–Crippen MR) is 96.4 cm³/mol. The molecule has 2 fully saturated rings. The Bertz CT molecular complexity index is 462. The molecule has 0 spiro atoms. The Hall–Kier alpha value is -1.23. The summed E-state index contributed by atoms with van der Waals surface area (Å²) in [5.41, 5.74) is -0.0899. The van der Waals surface area contributed by atoms with Crippen molar-refractivity contribution in [1.82, 2.24) is 0 Å². The summed E-state index contributed by atoms with van der Waals surface area (Å²) in [5.74, 6) is 0.287. The van der Waals surface area contributed by atoms with E-state index in [0.717, 1.165) is 90.0 Å². The van der Waals surface area contributed by atoms with E-state index in [9.17, 15) is 19.5 Å². The van der Waals surface area contributed by atoms with Crippen LogP contribution in [0.2, 0.25) is 0 Å². The first-order valence-electron chi connectivity index (χ1n) is 10.1. The summed E-state index contributed by atoms with van der Waals surface area (Å²) >= 11 is 0. The fourth-order valence-electron chi connectivity index (χ4n) is 4.62. The summed E-state index contributed by atoms with van der Waals surface area (Å²) in [6.45, 7) is 2.13. The van der Waals surface area contributed by atoms with Crippen LogP contribution in [0, 0.1) is 5.41 Å². The molecule has 0 unspecified atom stereocenters. The zero-order chi connectivity index (χ0) is 18.2. The molecule has 1 N–H and O–H groups in total. The molecule has 0 bridgehead atoms. The molecule has 1 aliphatic carbocycles. The molecule has 2 aliphatic rings. The highest BCUT2D eigenvalue weighted by Crippen LogP contribution is 2.40. The Balaban J connectivity index is 1.55. The number of hydrogen-bond donors (Lipinski definition) is 1. The van der Waals surface area contributed by atoms with Crippen LogP contribution in [0.3, 0.4) is 0 Å². The molecule has 0 aromatic rings. The van der Waals surface area contributed by atoms with Gasteiger partial charge in [-0.25, -0.2) is 4.48 Å². The molecule has 1 amide bonds. The van der Waals surface area contributed by atoms with Crippen LogP contribution < -0.4 is 0 Å². The van der Waals surface area contributed by atoms with Crippen molar-refractivity contribution in [3.8, 4) is 0 Å². The number of unbranched alkanes of at least 4 members (excludes halogenated alkanes) is 2. The minimum absolute atomic E-state index is 0.0899. The van der Waals surface area contributed by atoms with E-state index >= 15 is 0 Å². The number of quaternary nitrogens is 1. The highest BCUT2D eigenvalue weighted by atomic mass is 16.4. The fraction of sp³-hybridized carbons (Fsp3) is 0.850. The number of carboxylic acid groups (broad SMARTS) is 1. The smallest absolute Gasteiger partial charge is 0.435 e. The van der Waals surface area contributed by atoms with Gasteiger partial charge in [0.2, 0.25) is 0 Å². The number of likely N-dealkylation sites (tertiary alicyclic amines) is 1. The average Bonchev–Trinajstić information content (AvgIpc) is 3.26. The SMILES string of the molecule is O=CC1(CCCCC(=O)CCCC[N+]2(C(=O)O)CCCC2)CCCC1. The van der Waals surface area contributed by atoms with Gasteiger partial charge in [0.15, 0.2) is 0 Å². The average molecular weight is 352 g/mol. The van der Waals surface area contributed by atoms with Crippen LogP contribution in [0.5, 0.6) is 0 Å². The quantitative estimate of drug-likeness (QED) is 0.341. The molecule has 1 saturated carbocycles. The first-order chi connectivity index (χ1) is 12.0. The lowest BCUT2D eigenvalue weighted by Gasteiger charge is -2.27. The Labute approximate surface area is 151 Å². The van der Waals surface area contributed by atoms with Gasteiger partial charge in [-0.2, -0.15) is 4.79 Å². The molecular formula is C20H34NO4+. The molecule has 1 saturated heterocycles. The second-order valence-corrected chi connectivity index (χ2v) is 8.20. The second-order valence-electron chi connectivity index (χ2n) is 8.20. The topological polar surface area (TPSA) is 71.4 Å². The molecule has 1 heterocycles. The molecule has 5 nitrogen and oxygen atoms in total. The summed E-state index contributed by atoms with van der Waals surface area (Å²) in [4.78, 5) is 34.8. The van der Waals surface area contributed by atoms with Crippen LogP contribution >= 0.6 is 0 Å². The van der Waals surface area contributed by atoms with Gasteiger partial charge in [0.25, 0.3) is 0 Å². The lowest BCUT2D eigenvalue weighted by atomic mass is 9.82. The van der Waals surface area contributed by atoms with Crippen molar-refractivity contribution >= 4 is 18.2 Å². The largest absolute Gasteiger partial charge is 0.513 e. The highest BCUT2D eigenvalue weighted by Gasteiger charge is 2.39.